The Morgan fingerprint density at radius 2 is 1.90 bits per heavy atom. The number of hydrogen-bond acceptors (Lipinski definition) is 8. The van der Waals surface area contributed by atoms with Crippen LogP contribution >= 0.6 is 0 Å². The van der Waals surface area contributed by atoms with Gasteiger partial charge in [0.25, 0.3) is 0 Å². The molecule has 170 valence electrons. The molecule has 9 nitrogen and oxygen atoms in total. The standard InChI is InChI=1S/C20H32N2O7S/c1-7-28-18-11-15(8-9-17(18)27-5)20(4,30(6,25)26)12-13(2)10-16(19(24)29-21)22-14(3)23/h8-9,11,13,16H,7,10,12,21H2,1-6H3,(H,22,23)/t13?,16-,20?/m0/s1. The van der Waals surface area contributed by atoms with Crippen molar-refractivity contribution in [3.63, 3.8) is 0 Å². The third-order valence-electron chi connectivity index (χ3n) is 5.05. The molecule has 0 aliphatic carbocycles. The van der Waals surface area contributed by atoms with Gasteiger partial charge in [-0.05, 0) is 50.3 Å². The lowest BCUT2D eigenvalue weighted by Gasteiger charge is -2.32. The smallest absolute Gasteiger partial charge is 0.347 e. The largest absolute Gasteiger partial charge is 0.493 e. The predicted molar refractivity (Wildman–Crippen MR) is 113 cm³/mol. The molecular formula is C20H32N2O7S. The molecule has 0 aliphatic heterocycles. The van der Waals surface area contributed by atoms with Gasteiger partial charge in [-0.2, -0.15) is 5.90 Å². The van der Waals surface area contributed by atoms with E-state index in [4.69, 9.17) is 15.4 Å². The first-order chi connectivity index (χ1) is 13.9. The summed E-state index contributed by atoms with van der Waals surface area (Å²) >= 11 is 0. The van der Waals surface area contributed by atoms with E-state index in [2.05, 4.69) is 10.2 Å². The van der Waals surface area contributed by atoms with Crippen LogP contribution in [0.4, 0.5) is 0 Å². The van der Waals surface area contributed by atoms with Crippen molar-refractivity contribution in [3.8, 4) is 11.5 Å². The lowest BCUT2D eigenvalue weighted by molar-refractivity contribution is -0.148. The van der Waals surface area contributed by atoms with Crippen LogP contribution in [0, 0.1) is 5.92 Å². The van der Waals surface area contributed by atoms with Crippen molar-refractivity contribution in [2.45, 2.75) is 51.3 Å². The Kier molecular flexibility index (Phi) is 9.10. The quantitative estimate of drug-likeness (QED) is 0.493. The SMILES string of the molecule is CCOc1cc(C(C)(CC(C)C[C@H](NC(C)=O)C(=O)ON)S(C)(=O)=O)ccc1OC. The van der Waals surface area contributed by atoms with E-state index in [1.54, 1.807) is 32.0 Å². The van der Waals surface area contributed by atoms with Gasteiger partial charge >= 0.3 is 5.97 Å². The van der Waals surface area contributed by atoms with E-state index in [-0.39, 0.29) is 18.8 Å². The van der Waals surface area contributed by atoms with Crippen molar-refractivity contribution in [2.24, 2.45) is 11.8 Å². The second kappa shape index (κ2) is 10.6. The van der Waals surface area contributed by atoms with Crippen molar-refractivity contribution in [1.29, 1.82) is 0 Å². The van der Waals surface area contributed by atoms with Crippen LogP contribution in [-0.2, 0) is 29.0 Å². The fourth-order valence-corrected chi connectivity index (χ4v) is 4.59. The maximum Gasteiger partial charge on any atom is 0.347 e. The molecule has 1 rings (SSSR count). The summed E-state index contributed by atoms with van der Waals surface area (Å²) in [7, 11) is -2.07. The van der Waals surface area contributed by atoms with Crippen LogP contribution < -0.4 is 20.7 Å². The Labute approximate surface area is 178 Å². The van der Waals surface area contributed by atoms with Crippen molar-refractivity contribution < 1.29 is 32.3 Å². The summed E-state index contributed by atoms with van der Waals surface area (Å²) in [6.07, 6.45) is 1.52. The highest BCUT2D eigenvalue weighted by atomic mass is 32.2. The summed E-state index contributed by atoms with van der Waals surface area (Å²) in [6.45, 7) is 6.92. The summed E-state index contributed by atoms with van der Waals surface area (Å²) in [4.78, 5) is 27.6. The average molecular weight is 445 g/mol. The Morgan fingerprint density at radius 3 is 2.37 bits per heavy atom. The number of hydrogen-bond donors (Lipinski definition) is 2. The molecule has 0 saturated heterocycles. The van der Waals surface area contributed by atoms with Crippen LogP contribution in [0.25, 0.3) is 0 Å². The molecule has 1 aromatic carbocycles. The summed E-state index contributed by atoms with van der Waals surface area (Å²) in [5, 5.41) is 2.49. The molecule has 30 heavy (non-hydrogen) atoms. The second-order valence-corrected chi connectivity index (χ2v) is 9.98. The predicted octanol–water partition coefficient (Wildman–Crippen LogP) is 1.69. The molecule has 0 heterocycles. The van der Waals surface area contributed by atoms with E-state index in [0.717, 1.165) is 0 Å². The van der Waals surface area contributed by atoms with E-state index in [9.17, 15) is 18.0 Å². The highest BCUT2D eigenvalue weighted by molar-refractivity contribution is 7.91. The van der Waals surface area contributed by atoms with Crippen molar-refractivity contribution in [2.75, 3.05) is 20.0 Å². The second-order valence-electron chi connectivity index (χ2n) is 7.54. The Hall–Kier alpha value is -2.33. The Bertz CT molecular complexity index is 857. The summed E-state index contributed by atoms with van der Waals surface area (Å²) in [5.41, 5.74) is 0.540. The number of rotatable bonds is 11. The first-order valence-electron chi connectivity index (χ1n) is 9.58. The minimum atomic E-state index is -3.57. The first kappa shape index (κ1) is 25.7. The normalized spacial score (nSPS) is 15.4. The minimum Gasteiger partial charge on any atom is -0.493 e. The van der Waals surface area contributed by atoms with Crippen molar-refractivity contribution >= 4 is 21.7 Å². The molecule has 0 saturated carbocycles. The Morgan fingerprint density at radius 1 is 1.27 bits per heavy atom. The molecule has 0 spiro atoms. The average Bonchev–Trinajstić information content (AvgIpc) is 2.65. The molecule has 0 fully saturated rings. The molecule has 1 aromatic rings. The zero-order chi connectivity index (χ0) is 23.1. The van der Waals surface area contributed by atoms with Gasteiger partial charge in [0, 0.05) is 13.2 Å². The highest BCUT2D eigenvalue weighted by Crippen LogP contribution is 2.41. The summed E-state index contributed by atoms with van der Waals surface area (Å²) in [6, 6.07) is 4.05. The van der Waals surface area contributed by atoms with Gasteiger partial charge in [-0.25, -0.2) is 13.2 Å². The number of benzene rings is 1. The zero-order valence-electron chi connectivity index (χ0n) is 18.4. The monoisotopic (exact) mass is 444 g/mol. The van der Waals surface area contributed by atoms with Crippen LogP contribution in [0.2, 0.25) is 0 Å². The number of methoxy groups -OCH3 is 1. The topological polar surface area (TPSA) is 134 Å². The van der Waals surface area contributed by atoms with Gasteiger partial charge in [0.15, 0.2) is 21.3 Å². The summed E-state index contributed by atoms with van der Waals surface area (Å²) < 4.78 is 35.2. The number of nitrogens with two attached hydrogens (primary N) is 1. The maximum atomic E-state index is 12.8. The lowest BCUT2D eigenvalue weighted by atomic mass is 9.86. The highest BCUT2D eigenvalue weighted by Gasteiger charge is 2.40. The van der Waals surface area contributed by atoms with E-state index >= 15 is 0 Å². The lowest BCUT2D eigenvalue weighted by Crippen LogP contribution is -2.43. The first-order valence-corrected chi connectivity index (χ1v) is 11.5. The van der Waals surface area contributed by atoms with Gasteiger partial charge in [0.05, 0.1) is 18.5 Å². The van der Waals surface area contributed by atoms with Gasteiger partial charge < -0.3 is 19.6 Å². The van der Waals surface area contributed by atoms with Crippen LogP contribution in [0.5, 0.6) is 11.5 Å². The summed E-state index contributed by atoms with van der Waals surface area (Å²) in [5.74, 6) is 4.42. The molecule has 2 unspecified atom stereocenters. The van der Waals surface area contributed by atoms with Crippen molar-refractivity contribution in [1.82, 2.24) is 5.32 Å². The van der Waals surface area contributed by atoms with Crippen LogP contribution in [0.15, 0.2) is 18.2 Å². The fourth-order valence-electron chi connectivity index (χ4n) is 3.45. The minimum absolute atomic E-state index is 0.162. The number of ether oxygens (including phenoxy) is 2. The number of carbonyl (C=O) groups is 2. The van der Waals surface area contributed by atoms with E-state index in [1.807, 2.05) is 6.92 Å². The number of nitrogens with one attached hydrogen (secondary N) is 1. The third-order valence-corrected chi connectivity index (χ3v) is 7.09. The number of amides is 1. The number of sulfone groups is 1. The molecule has 0 bridgehead atoms. The molecule has 10 heteroatoms. The van der Waals surface area contributed by atoms with Gasteiger partial charge in [-0.1, -0.05) is 13.0 Å². The molecule has 3 N–H and O–H groups in total. The van der Waals surface area contributed by atoms with Gasteiger partial charge in [0.1, 0.15) is 6.04 Å². The third kappa shape index (κ3) is 6.33. The zero-order valence-corrected chi connectivity index (χ0v) is 19.2. The number of carbonyl (C=O) groups excluding carboxylic acids is 2. The van der Waals surface area contributed by atoms with Crippen molar-refractivity contribution in [3.05, 3.63) is 23.8 Å². The van der Waals surface area contributed by atoms with Crippen LogP contribution in [-0.4, -0.2) is 46.3 Å². The van der Waals surface area contributed by atoms with E-state index in [0.29, 0.717) is 23.7 Å². The van der Waals surface area contributed by atoms with E-state index in [1.165, 1.54) is 20.3 Å². The molecule has 0 radical (unpaired) electrons. The van der Waals surface area contributed by atoms with Gasteiger partial charge in [0.2, 0.25) is 5.91 Å². The van der Waals surface area contributed by atoms with Crippen LogP contribution in [0.3, 0.4) is 0 Å². The molecular weight excluding hydrogens is 412 g/mol. The molecule has 0 aromatic heterocycles. The Balaban J connectivity index is 3.28. The van der Waals surface area contributed by atoms with Gasteiger partial charge in [-0.3, -0.25) is 4.79 Å². The van der Waals surface area contributed by atoms with Gasteiger partial charge in [-0.15, -0.1) is 0 Å². The maximum absolute atomic E-state index is 12.8. The van der Waals surface area contributed by atoms with Crippen LogP contribution in [0.1, 0.15) is 46.1 Å². The fraction of sp³-hybridized carbons (Fsp3) is 0.600. The molecule has 3 atom stereocenters. The molecule has 0 aliphatic rings. The van der Waals surface area contributed by atoms with E-state index < -0.39 is 32.5 Å². The molecule has 1 amide bonds.